The molecule has 2 nitrogen and oxygen atoms in total. The first-order chi connectivity index (χ1) is 20.4. The van der Waals surface area contributed by atoms with Crippen molar-refractivity contribution in [3.8, 4) is 0 Å². The van der Waals surface area contributed by atoms with Gasteiger partial charge in [-0.1, -0.05) is 0 Å². The molecule has 2 aromatic heterocycles. The predicted octanol–water partition coefficient (Wildman–Crippen LogP) is 10.8. The van der Waals surface area contributed by atoms with Crippen molar-refractivity contribution in [3.05, 3.63) is 142 Å². The van der Waals surface area contributed by atoms with E-state index in [0.717, 1.165) is 0 Å². The van der Waals surface area contributed by atoms with Gasteiger partial charge in [-0.3, -0.25) is 0 Å². The van der Waals surface area contributed by atoms with Crippen LogP contribution in [0.25, 0.3) is 45.4 Å². The number of halogens is 2. The molecule has 0 N–H and O–H groups in total. The van der Waals surface area contributed by atoms with Gasteiger partial charge >= 0.3 is 260 Å². The zero-order valence-electron chi connectivity index (χ0n) is 23.8. The van der Waals surface area contributed by atoms with Crippen LogP contribution in [0.1, 0.15) is 46.5 Å². The minimum atomic E-state index is -4.30. The van der Waals surface area contributed by atoms with Crippen molar-refractivity contribution in [1.82, 2.24) is 9.13 Å². The molecule has 42 heavy (non-hydrogen) atoms. The second kappa shape index (κ2) is 9.71. The van der Waals surface area contributed by atoms with Crippen LogP contribution in [0.2, 0.25) is 0 Å². The van der Waals surface area contributed by atoms with Gasteiger partial charge in [-0.15, -0.1) is 0 Å². The number of hydrogen-bond donors (Lipinski definition) is 0. The van der Waals surface area contributed by atoms with Gasteiger partial charge < -0.3 is 0 Å². The third kappa shape index (κ3) is 3.73. The number of allylic oxidation sites excluding steroid dienone is 2. The Labute approximate surface area is 258 Å². The van der Waals surface area contributed by atoms with Crippen LogP contribution in [-0.2, 0) is 17.9 Å². The number of rotatable bonds is 4. The van der Waals surface area contributed by atoms with Crippen LogP contribution in [0.3, 0.4) is 0 Å². The number of benzene rings is 4. The van der Waals surface area contributed by atoms with Crippen molar-refractivity contribution in [2.75, 3.05) is 0 Å². The van der Waals surface area contributed by atoms with Crippen LogP contribution in [0.4, 0.5) is 0 Å². The summed E-state index contributed by atoms with van der Waals surface area (Å²) in [4.78, 5) is 0. The van der Waals surface area contributed by atoms with E-state index in [1.807, 2.05) is 0 Å². The fourth-order valence-electron chi connectivity index (χ4n) is 7.47. The number of aromatic nitrogens is 2. The zero-order chi connectivity index (χ0) is 28.7. The van der Waals surface area contributed by atoms with Gasteiger partial charge in [0, 0.05) is 0 Å². The van der Waals surface area contributed by atoms with E-state index < -0.39 is 17.9 Å². The molecular formula is C37H30Cl2N2Zr. The van der Waals surface area contributed by atoms with Gasteiger partial charge in [-0.25, -0.2) is 0 Å². The third-order valence-electron chi connectivity index (χ3n) is 9.42. The summed E-state index contributed by atoms with van der Waals surface area (Å²) in [6.07, 6.45) is 4.68. The van der Waals surface area contributed by atoms with Crippen molar-refractivity contribution in [1.29, 1.82) is 0 Å². The Balaban J connectivity index is 1.37. The fraction of sp³-hybridized carbons (Fsp3) is 0.135. The molecule has 2 aliphatic carbocycles. The monoisotopic (exact) mass is 662 g/mol. The molecule has 0 fully saturated rings. The van der Waals surface area contributed by atoms with Crippen LogP contribution in [0, 0.1) is 20.8 Å². The normalized spacial score (nSPS) is 17.9. The molecule has 2 aliphatic rings. The van der Waals surface area contributed by atoms with Gasteiger partial charge in [0.2, 0.25) is 0 Å². The molecule has 0 saturated heterocycles. The van der Waals surface area contributed by atoms with Gasteiger partial charge in [0.15, 0.2) is 0 Å². The number of hydrogen-bond acceptors (Lipinski definition) is 0. The van der Waals surface area contributed by atoms with Crippen molar-refractivity contribution in [2.45, 2.75) is 28.0 Å². The van der Waals surface area contributed by atoms with Crippen molar-refractivity contribution >= 4 is 62.4 Å². The number of para-hydroxylation sites is 2. The molecule has 0 amide bonds. The van der Waals surface area contributed by atoms with Gasteiger partial charge in [-0.05, 0) is 0 Å². The van der Waals surface area contributed by atoms with E-state index in [-0.39, 0.29) is 7.25 Å². The number of fused-ring (bicyclic) bond motifs is 4. The minimum absolute atomic E-state index is 0.0591. The van der Waals surface area contributed by atoms with Gasteiger partial charge in [0.05, 0.1) is 0 Å². The molecule has 206 valence electrons. The van der Waals surface area contributed by atoms with Crippen LogP contribution >= 0.6 is 17.0 Å². The van der Waals surface area contributed by atoms with Crippen LogP contribution in [0.5, 0.6) is 0 Å². The summed E-state index contributed by atoms with van der Waals surface area (Å²) < 4.78 is 4.72. The Hall–Kier alpha value is -3.10. The average Bonchev–Trinajstić information content (AvgIpc) is 3.72. The predicted molar refractivity (Wildman–Crippen MR) is 176 cm³/mol. The molecule has 2 atom stereocenters. The van der Waals surface area contributed by atoms with Gasteiger partial charge in [0.25, 0.3) is 0 Å². The molecule has 5 heteroatoms. The van der Waals surface area contributed by atoms with E-state index in [1.165, 1.54) is 72.4 Å². The van der Waals surface area contributed by atoms with Gasteiger partial charge in [-0.2, -0.15) is 0 Å². The number of aryl methyl sites for hydroxylation is 2. The third-order valence-corrected chi connectivity index (χ3v) is 21.4. The molecule has 0 radical (unpaired) electrons. The van der Waals surface area contributed by atoms with Gasteiger partial charge in [0.1, 0.15) is 0 Å². The van der Waals surface area contributed by atoms with Crippen LogP contribution in [0.15, 0.2) is 103 Å². The Morgan fingerprint density at radius 2 is 1.12 bits per heavy atom. The quantitative estimate of drug-likeness (QED) is 0.178. The topological polar surface area (TPSA) is 9.86 Å². The maximum absolute atomic E-state index is 8.14. The van der Waals surface area contributed by atoms with E-state index in [0.29, 0.717) is 0 Å². The van der Waals surface area contributed by atoms with E-state index in [2.05, 4.69) is 145 Å². The van der Waals surface area contributed by atoms with Crippen molar-refractivity contribution in [3.63, 3.8) is 0 Å². The molecular weight excluding hydrogens is 635 g/mol. The second-order valence-electron chi connectivity index (χ2n) is 11.7. The molecule has 4 aromatic carbocycles. The fourth-order valence-corrected chi connectivity index (χ4v) is 20.0. The Morgan fingerprint density at radius 3 is 1.79 bits per heavy atom. The molecule has 6 aromatic rings. The summed E-state index contributed by atoms with van der Waals surface area (Å²) in [7, 11) is 16.3. The molecule has 8 rings (SSSR count). The summed E-state index contributed by atoms with van der Waals surface area (Å²) in [6.45, 7) is 6.63. The van der Waals surface area contributed by atoms with E-state index in [4.69, 9.17) is 17.0 Å². The molecule has 2 heterocycles. The summed E-state index contributed by atoms with van der Waals surface area (Å²) >= 11 is -4.30. The van der Waals surface area contributed by atoms with Crippen LogP contribution in [-0.4, -0.2) is 9.13 Å². The zero-order valence-corrected chi connectivity index (χ0v) is 27.7. The first kappa shape index (κ1) is 26.5. The summed E-state index contributed by atoms with van der Waals surface area (Å²) in [6, 6.07) is 37.0. The molecule has 0 aliphatic heterocycles. The van der Waals surface area contributed by atoms with Crippen LogP contribution < -0.4 is 0 Å². The first-order valence-corrected chi connectivity index (χ1v) is 23.7. The average molecular weight is 665 g/mol. The molecule has 2 unspecified atom stereocenters. The summed E-state index contributed by atoms with van der Waals surface area (Å²) in [5.41, 5.74) is 13.5. The Kier molecular flexibility index (Phi) is 6.13. The number of nitrogens with zero attached hydrogens (tertiary/aromatic N) is 2. The maximum atomic E-state index is 8.14. The van der Waals surface area contributed by atoms with E-state index in [1.54, 1.807) is 0 Å². The Bertz CT molecular complexity index is 2130. The SMILES string of the molecule is Cc1c(C)n(C2=Cc3ccccc3[CH]2[Zr]([Cl])([Cl])[CH]2C(n3c(C)cc4ccccc43)=Cc3ccccc32)c2ccccc12. The molecule has 0 bridgehead atoms. The first-order valence-electron chi connectivity index (χ1n) is 14.5. The molecule has 0 saturated carbocycles. The Morgan fingerprint density at radius 1 is 0.595 bits per heavy atom. The van der Waals surface area contributed by atoms with Crippen molar-refractivity contribution in [2.24, 2.45) is 0 Å². The summed E-state index contributed by atoms with van der Waals surface area (Å²) in [5.74, 6) is 0. The van der Waals surface area contributed by atoms with E-state index >= 15 is 0 Å². The van der Waals surface area contributed by atoms with E-state index in [9.17, 15) is 0 Å². The second-order valence-corrected chi connectivity index (χ2v) is 26.4. The van der Waals surface area contributed by atoms with Crippen molar-refractivity contribution < 1.29 is 17.9 Å². The summed E-state index contributed by atoms with van der Waals surface area (Å²) in [5, 5.41) is 2.50. The standard InChI is InChI=1S/C19H16N.C18H14N.2ClH.Zr/c1-13-14(2)20(19-10-6-5-9-18(13)19)17-11-15-7-3-4-8-16(15)12-17;1-13-10-16-8-4-5-9-18(16)19(13)17-11-14-6-2-3-7-15(14)12-17;;;/h3-12H,1-2H3;2-12H,1H3;2*1H;/q;;;;+2/p-2. The molecule has 0 spiro atoms.